The van der Waals surface area contributed by atoms with Gasteiger partial charge in [0.2, 0.25) is 0 Å². The van der Waals surface area contributed by atoms with Gasteiger partial charge in [0.25, 0.3) is 5.91 Å². The van der Waals surface area contributed by atoms with Crippen molar-refractivity contribution in [1.29, 1.82) is 0 Å². The first-order valence-corrected chi connectivity index (χ1v) is 5.83. The van der Waals surface area contributed by atoms with Crippen molar-refractivity contribution in [3.63, 3.8) is 0 Å². The molecule has 0 aromatic heterocycles. The van der Waals surface area contributed by atoms with Crippen molar-refractivity contribution >= 4 is 34.8 Å². The molecule has 0 heterocycles. The maximum absolute atomic E-state index is 13.0. The molecule has 2 aromatic carbocycles. The number of halogens is 3. The molecule has 5 heteroatoms. The fraction of sp³-hybridized carbons (Fsp3) is 0. The van der Waals surface area contributed by atoms with E-state index in [9.17, 15) is 9.18 Å². The van der Waals surface area contributed by atoms with E-state index in [0.29, 0.717) is 21.3 Å². The number of hydrogen-bond acceptors (Lipinski definition) is 1. The third-order valence-corrected chi connectivity index (χ3v) is 2.64. The molecule has 0 aliphatic carbocycles. The molecule has 0 spiro atoms. The number of carbonyl (C=O) groups excluding carboxylic acids is 1. The Morgan fingerprint density at radius 3 is 2.33 bits per heavy atom. The number of carbonyl (C=O) groups is 1. The second-order valence-corrected chi connectivity index (χ2v) is 4.50. The average Bonchev–Trinajstić information content (AvgIpc) is 2.27. The average molecular weight is 284 g/mol. The van der Waals surface area contributed by atoms with Crippen molar-refractivity contribution in [2.45, 2.75) is 0 Å². The van der Waals surface area contributed by atoms with Crippen LogP contribution in [0.3, 0.4) is 0 Å². The van der Waals surface area contributed by atoms with Crippen LogP contribution in [0.15, 0.2) is 42.5 Å². The lowest BCUT2D eigenvalue weighted by molar-refractivity contribution is 0.102. The molecule has 2 nitrogen and oxygen atoms in total. The predicted molar refractivity (Wildman–Crippen MR) is 70.8 cm³/mol. The molecule has 0 radical (unpaired) electrons. The van der Waals surface area contributed by atoms with Crippen LogP contribution in [-0.2, 0) is 0 Å². The second-order valence-electron chi connectivity index (χ2n) is 3.62. The normalized spacial score (nSPS) is 10.2. The van der Waals surface area contributed by atoms with Crippen LogP contribution in [-0.4, -0.2) is 5.91 Å². The Balaban J connectivity index is 2.22. The zero-order chi connectivity index (χ0) is 13.1. The maximum Gasteiger partial charge on any atom is 0.255 e. The molecule has 0 saturated carbocycles. The molecular formula is C13H8Cl2FNO. The van der Waals surface area contributed by atoms with Gasteiger partial charge in [-0.1, -0.05) is 29.3 Å². The lowest BCUT2D eigenvalue weighted by Crippen LogP contribution is -2.11. The topological polar surface area (TPSA) is 29.1 Å². The van der Waals surface area contributed by atoms with Gasteiger partial charge in [0.15, 0.2) is 0 Å². The van der Waals surface area contributed by atoms with E-state index in [1.807, 2.05) is 0 Å². The Kier molecular flexibility index (Phi) is 3.84. The Labute approximate surface area is 113 Å². The summed E-state index contributed by atoms with van der Waals surface area (Å²) in [6.07, 6.45) is 0. The number of rotatable bonds is 2. The second kappa shape index (κ2) is 5.38. The van der Waals surface area contributed by atoms with Gasteiger partial charge in [-0.2, -0.15) is 0 Å². The Morgan fingerprint density at radius 2 is 1.72 bits per heavy atom. The first-order valence-electron chi connectivity index (χ1n) is 5.07. The summed E-state index contributed by atoms with van der Waals surface area (Å²) < 4.78 is 13.0. The fourth-order valence-electron chi connectivity index (χ4n) is 1.45. The molecule has 2 aromatic rings. The van der Waals surface area contributed by atoms with Crippen LogP contribution in [0.5, 0.6) is 0 Å². The van der Waals surface area contributed by atoms with Gasteiger partial charge in [0, 0.05) is 21.3 Å². The minimum absolute atomic E-state index is 0.316. The SMILES string of the molecule is O=C(Nc1cccc(F)c1)c1cc(Cl)cc(Cl)c1. The molecule has 0 unspecified atom stereocenters. The molecule has 0 fully saturated rings. The maximum atomic E-state index is 13.0. The summed E-state index contributed by atoms with van der Waals surface area (Å²) in [5.74, 6) is -0.818. The first kappa shape index (κ1) is 12.9. The van der Waals surface area contributed by atoms with Crippen molar-refractivity contribution in [1.82, 2.24) is 0 Å². The summed E-state index contributed by atoms with van der Waals surface area (Å²) in [7, 11) is 0. The minimum atomic E-state index is -0.420. The number of benzene rings is 2. The highest BCUT2D eigenvalue weighted by Gasteiger charge is 2.08. The minimum Gasteiger partial charge on any atom is -0.322 e. The summed E-state index contributed by atoms with van der Waals surface area (Å²) in [4.78, 5) is 11.9. The Bertz CT molecular complexity index is 581. The smallest absolute Gasteiger partial charge is 0.255 e. The Hall–Kier alpha value is -1.58. The third kappa shape index (κ3) is 3.22. The highest BCUT2D eigenvalue weighted by Crippen LogP contribution is 2.20. The highest BCUT2D eigenvalue weighted by atomic mass is 35.5. The fourth-order valence-corrected chi connectivity index (χ4v) is 1.98. The van der Waals surface area contributed by atoms with E-state index in [1.54, 1.807) is 6.07 Å². The summed E-state index contributed by atoms with van der Waals surface area (Å²) in [5.41, 5.74) is 0.688. The molecule has 18 heavy (non-hydrogen) atoms. The van der Waals surface area contributed by atoms with Gasteiger partial charge in [0.05, 0.1) is 0 Å². The Morgan fingerprint density at radius 1 is 1.06 bits per heavy atom. The zero-order valence-electron chi connectivity index (χ0n) is 9.08. The zero-order valence-corrected chi connectivity index (χ0v) is 10.6. The lowest BCUT2D eigenvalue weighted by Gasteiger charge is -2.06. The van der Waals surface area contributed by atoms with Gasteiger partial charge in [-0.15, -0.1) is 0 Å². The molecule has 0 bridgehead atoms. The molecule has 0 aliphatic heterocycles. The summed E-state index contributed by atoms with van der Waals surface area (Å²) in [6, 6.07) is 10.1. The number of anilines is 1. The van der Waals surface area contributed by atoms with E-state index < -0.39 is 11.7 Å². The molecule has 0 saturated heterocycles. The van der Waals surface area contributed by atoms with Gasteiger partial charge in [0.1, 0.15) is 5.82 Å². The van der Waals surface area contributed by atoms with Gasteiger partial charge in [-0.3, -0.25) is 4.79 Å². The van der Waals surface area contributed by atoms with Gasteiger partial charge >= 0.3 is 0 Å². The monoisotopic (exact) mass is 283 g/mol. The first-order chi connectivity index (χ1) is 8.54. The van der Waals surface area contributed by atoms with Crippen LogP contribution in [0.2, 0.25) is 10.0 Å². The van der Waals surface area contributed by atoms with E-state index in [1.165, 1.54) is 36.4 Å². The summed E-state index contributed by atoms with van der Waals surface area (Å²) in [6.45, 7) is 0. The van der Waals surface area contributed by atoms with Crippen molar-refractivity contribution in [2.75, 3.05) is 5.32 Å². The van der Waals surface area contributed by atoms with E-state index >= 15 is 0 Å². The van der Waals surface area contributed by atoms with Crippen LogP contribution < -0.4 is 5.32 Å². The highest BCUT2D eigenvalue weighted by molar-refractivity contribution is 6.35. The number of hydrogen-bond donors (Lipinski definition) is 1. The van der Waals surface area contributed by atoms with Crippen LogP contribution in [0.25, 0.3) is 0 Å². The molecule has 1 N–H and O–H groups in total. The van der Waals surface area contributed by atoms with Crippen molar-refractivity contribution in [3.8, 4) is 0 Å². The van der Waals surface area contributed by atoms with Crippen LogP contribution in [0, 0.1) is 5.82 Å². The van der Waals surface area contributed by atoms with Crippen LogP contribution in [0.4, 0.5) is 10.1 Å². The van der Waals surface area contributed by atoms with Crippen LogP contribution >= 0.6 is 23.2 Å². The molecule has 0 atom stereocenters. The third-order valence-electron chi connectivity index (χ3n) is 2.21. The van der Waals surface area contributed by atoms with Gasteiger partial charge < -0.3 is 5.32 Å². The van der Waals surface area contributed by atoms with Gasteiger partial charge in [-0.05, 0) is 36.4 Å². The quantitative estimate of drug-likeness (QED) is 0.870. The molecule has 0 aliphatic rings. The van der Waals surface area contributed by atoms with E-state index in [0.717, 1.165) is 0 Å². The largest absolute Gasteiger partial charge is 0.322 e. The number of nitrogens with one attached hydrogen (secondary N) is 1. The van der Waals surface area contributed by atoms with Crippen LogP contribution in [0.1, 0.15) is 10.4 Å². The molecule has 1 amide bonds. The molecular weight excluding hydrogens is 276 g/mol. The van der Waals surface area contributed by atoms with E-state index in [2.05, 4.69) is 5.32 Å². The lowest BCUT2D eigenvalue weighted by atomic mass is 10.2. The molecule has 92 valence electrons. The number of amides is 1. The van der Waals surface area contributed by atoms with E-state index in [-0.39, 0.29) is 0 Å². The predicted octanol–water partition coefficient (Wildman–Crippen LogP) is 4.38. The van der Waals surface area contributed by atoms with Crippen molar-refractivity contribution < 1.29 is 9.18 Å². The summed E-state index contributed by atoms with van der Waals surface area (Å²) >= 11 is 11.6. The van der Waals surface area contributed by atoms with E-state index in [4.69, 9.17) is 23.2 Å². The molecule has 2 rings (SSSR count). The van der Waals surface area contributed by atoms with Crippen molar-refractivity contribution in [2.24, 2.45) is 0 Å². The van der Waals surface area contributed by atoms with Crippen molar-refractivity contribution in [3.05, 3.63) is 63.9 Å². The summed E-state index contributed by atoms with van der Waals surface area (Å²) in [5, 5.41) is 3.29. The standard InChI is InChI=1S/C13H8Cl2FNO/c14-9-4-8(5-10(15)6-9)13(18)17-12-3-1-2-11(16)7-12/h1-7H,(H,17,18). The van der Waals surface area contributed by atoms with Gasteiger partial charge in [-0.25, -0.2) is 4.39 Å².